The second kappa shape index (κ2) is 8.76. The number of benzene rings is 2. The number of halogens is 1. The maximum atomic E-state index is 12.2. The fraction of sp³-hybridized carbons (Fsp3) is 0.389. The van der Waals surface area contributed by atoms with Crippen LogP contribution in [0.3, 0.4) is 0 Å². The van der Waals surface area contributed by atoms with E-state index < -0.39 is 0 Å². The van der Waals surface area contributed by atoms with Crippen LogP contribution in [0.2, 0.25) is 0 Å². The van der Waals surface area contributed by atoms with Crippen molar-refractivity contribution in [1.29, 1.82) is 0 Å². The van der Waals surface area contributed by atoms with Gasteiger partial charge in [-0.3, -0.25) is 4.79 Å². The summed E-state index contributed by atoms with van der Waals surface area (Å²) in [5.41, 5.74) is 1.06. The molecule has 2 aromatic carbocycles. The third-order valence-electron chi connectivity index (χ3n) is 3.80. The van der Waals surface area contributed by atoms with Crippen molar-refractivity contribution in [1.82, 2.24) is 10.6 Å². The van der Waals surface area contributed by atoms with Crippen LogP contribution in [0.4, 0.5) is 0 Å². The number of nitrogens with one attached hydrogen (secondary N) is 2. The van der Waals surface area contributed by atoms with Gasteiger partial charge < -0.3 is 10.6 Å². The zero-order valence-electron chi connectivity index (χ0n) is 13.4. The first kappa shape index (κ1) is 18.5. The van der Waals surface area contributed by atoms with Gasteiger partial charge in [-0.25, -0.2) is 0 Å². The smallest absolute Gasteiger partial charge is 0.227 e. The van der Waals surface area contributed by atoms with Crippen LogP contribution in [-0.4, -0.2) is 25.0 Å². The van der Waals surface area contributed by atoms with Crippen molar-refractivity contribution in [3.63, 3.8) is 0 Å². The van der Waals surface area contributed by atoms with E-state index >= 15 is 0 Å². The molecule has 2 aromatic rings. The van der Waals surface area contributed by atoms with Crippen LogP contribution >= 0.6 is 12.4 Å². The number of hydrogen-bond donors (Lipinski definition) is 2. The largest absolute Gasteiger partial charge is 0.354 e. The molecule has 2 N–H and O–H groups in total. The quantitative estimate of drug-likeness (QED) is 0.855. The fourth-order valence-corrected chi connectivity index (χ4v) is 2.46. The van der Waals surface area contributed by atoms with Gasteiger partial charge in [0.1, 0.15) is 0 Å². The molecule has 0 heterocycles. The van der Waals surface area contributed by atoms with Crippen LogP contribution in [0, 0.1) is 0 Å². The first-order chi connectivity index (χ1) is 10.1. The van der Waals surface area contributed by atoms with E-state index in [1.54, 1.807) is 0 Å². The number of carbonyl (C=O) groups is 1. The Labute approximate surface area is 138 Å². The summed E-state index contributed by atoms with van der Waals surface area (Å²) in [5.74, 6) is -0.0570. The molecule has 1 amide bonds. The molecule has 0 aliphatic carbocycles. The minimum atomic E-state index is -0.136. The molecule has 0 saturated heterocycles. The lowest BCUT2D eigenvalue weighted by molar-refractivity contribution is -0.122. The number of carbonyl (C=O) groups excluding carboxylic acids is 1. The summed E-state index contributed by atoms with van der Waals surface area (Å²) in [4.78, 5) is 12.2. The van der Waals surface area contributed by atoms with Crippen LogP contribution in [-0.2, 0) is 4.79 Å². The summed E-state index contributed by atoms with van der Waals surface area (Å²) in [6, 6.07) is 14.7. The third-order valence-corrected chi connectivity index (χ3v) is 3.80. The summed E-state index contributed by atoms with van der Waals surface area (Å²) < 4.78 is 0. The normalized spacial score (nSPS) is 13.2. The summed E-state index contributed by atoms with van der Waals surface area (Å²) in [6.45, 7) is 7.67. The lowest BCUT2D eigenvalue weighted by Gasteiger charge is -2.17. The van der Waals surface area contributed by atoms with Gasteiger partial charge in [-0.15, -0.1) is 12.4 Å². The molecule has 2 rings (SSSR count). The first-order valence-electron chi connectivity index (χ1n) is 7.61. The molecule has 0 radical (unpaired) electrons. The van der Waals surface area contributed by atoms with E-state index in [1.165, 1.54) is 10.8 Å². The van der Waals surface area contributed by atoms with Gasteiger partial charge in [0, 0.05) is 12.6 Å². The first-order valence-corrected chi connectivity index (χ1v) is 7.61. The summed E-state index contributed by atoms with van der Waals surface area (Å²) in [5, 5.41) is 8.68. The van der Waals surface area contributed by atoms with Crippen LogP contribution in [0.5, 0.6) is 0 Å². The van der Waals surface area contributed by atoms with Gasteiger partial charge in [0.05, 0.1) is 5.92 Å². The van der Waals surface area contributed by atoms with Crippen molar-refractivity contribution in [3.8, 4) is 0 Å². The van der Waals surface area contributed by atoms with E-state index in [0.29, 0.717) is 12.6 Å². The van der Waals surface area contributed by atoms with E-state index in [1.807, 2.05) is 25.1 Å². The third kappa shape index (κ3) is 4.72. The Bertz CT molecular complexity index is 615. The zero-order valence-corrected chi connectivity index (χ0v) is 14.2. The highest BCUT2D eigenvalue weighted by atomic mass is 35.5. The molecular weight excluding hydrogens is 296 g/mol. The number of amides is 1. The lowest BCUT2D eigenvalue weighted by atomic mass is 9.97. The predicted molar refractivity (Wildman–Crippen MR) is 95.8 cm³/mol. The summed E-state index contributed by atoms with van der Waals surface area (Å²) in [7, 11) is 0. The topological polar surface area (TPSA) is 41.1 Å². The Balaban J connectivity index is 0.00000242. The van der Waals surface area contributed by atoms with Gasteiger partial charge in [-0.1, -0.05) is 49.4 Å². The number of likely N-dealkylation sites (N-methyl/N-ethyl adjacent to an activating group) is 1. The van der Waals surface area contributed by atoms with Crippen LogP contribution in [0.1, 0.15) is 32.3 Å². The molecule has 0 spiro atoms. The minimum Gasteiger partial charge on any atom is -0.354 e. The molecule has 0 fully saturated rings. The summed E-state index contributed by atoms with van der Waals surface area (Å²) >= 11 is 0. The molecule has 2 atom stereocenters. The van der Waals surface area contributed by atoms with Crippen LogP contribution in [0.15, 0.2) is 42.5 Å². The molecule has 22 heavy (non-hydrogen) atoms. The maximum absolute atomic E-state index is 12.2. The van der Waals surface area contributed by atoms with Crippen molar-refractivity contribution in [3.05, 3.63) is 48.0 Å². The van der Waals surface area contributed by atoms with Gasteiger partial charge in [-0.2, -0.15) is 0 Å². The van der Waals surface area contributed by atoms with Crippen molar-refractivity contribution < 1.29 is 4.79 Å². The Morgan fingerprint density at radius 2 is 1.77 bits per heavy atom. The van der Waals surface area contributed by atoms with E-state index in [-0.39, 0.29) is 24.2 Å². The molecule has 3 nitrogen and oxygen atoms in total. The Hall–Kier alpha value is -1.58. The van der Waals surface area contributed by atoms with Gasteiger partial charge in [0.2, 0.25) is 5.91 Å². The van der Waals surface area contributed by atoms with E-state index in [2.05, 4.69) is 48.7 Å². The molecule has 0 aliphatic rings. The van der Waals surface area contributed by atoms with Gasteiger partial charge in [-0.05, 0) is 36.7 Å². The zero-order chi connectivity index (χ0) is 15.2. The number of hydrogen-bond acceptors (Lipinski definition) is 2. The highest BCUT2D eigenvalue weighted by molar-refractivity contribution is 5.87. The average molecular weight is 321 g/mol. The number of fused-ring (bicyclic) bond motifs is 1. The molecule has 0 aliphatic heterocycles. The van der Waals surface area contributed by atoms with Crippen molar-refractivity contribution in [2.24, 2.45) is 0 Å². The number of rotatable bonds is 6. The highest BCUT2D eigenvalue weighted by Crippen LogP contribution is 2.21. The molecule has 120 valence electrons. The summed E-state index contributed by atoms with van der Waals surface area (Å²) in [6.07, 6.45) is 0. The fourth-order valence-electron chi connectivity index (χ4n) is 2.46. The monoisotopic (exact) mass is 320 g/mol. The van der Waals surface area contributed by atoms with E-state index in [9.17, 15) is 4.79 Å². The van der Waals surface area contributed by atoms with Gasteiger partial charge in [0.25, 0.3) is 0 Å². The van der Waals surface area contributed by atoms with E-state index in [4.69, 9.17) is 0 Å². The Morgan fingerprint density at radius 3 is 2.45 bits per heavy atom. The van der Waals surface area contributed by atoms with E-state index in [0.717, 1.165) is 12.1 Å². The second-order valence-electron chi connectivity index (χ2n) is 5.53. The molecule has 0 bridgehead atoms. The Morgan fingerprint density at radius 1 is 1.09 bits per heavy atom. The standard InChI is InChI=1S/C18H24N2O.ClH/c1-4-19-13(2)12-20-18(21)14(3)16-10-9-15-7-5-6-8-17(15)11-16;/h5-11,13-14,19H,4,12H2,1-3H3,(H,20,21);1H/t13-,14?;/m1./s1. The predicted octanol–water partition coefficient (Wildman–Crippen LogP) is 3.48. The highest BCUT2D eigenvalue weighted by Gasteiger charge is 2.15. The van der Waals surface area contributed by atoms with Crippen molar-refractivity contribution in [2.75, 3.05) is 13.1 Å². The SMILES string of the molecule is CCN[C@H](C)CNC(=O)C(C)c1ccc2ccccc2c1.Cl. The van der Waals surface area contributed by atoms with Gasteiger partial charge in [0.15, 0.2) is 0 Å². The van der Waals surface area contributed by atoms with Crippen LogP contribution < -0.4 is 10.6 Å². The average Bonchev–Trinajstić information content (AvgIpc) is 2.51. The molecule has 1 unspecified atom stereocenters. The van der Waals surface area contributed by atoms with Gasteiger partial charge >= 0.3 is 0 Å². The van der Waals surface area contributed by atoms with Crippen molar-refractivity contribution >= 4 is 29.1 Å². The minimum absolute atomic E-state index is 0. The van der Waals surface area contributed by atoms with Crippen LogP contribution in [0.25, 0.3) is 10.8 Å². The van der Waals surface area contributed by atoms with Crippen molar-refractivity contribution in [2.45, 2.75) is 32.7 Å². The molecular formula is C18H25ClN2O. The molecule has 0 saturated carbocycles. The maximum Gasteiger partial charge on any atom is 0.227 e. The second-order valence-corrected chi connectivity index (χ2v) is 5.53. The molecule has 0 aromatic heterocycles. The Kier molecular flexibility index (Phi) is 7.36. The molecule has 4 heteroatoms. The lowest BCUT2D eigenvalue weighted by Crippen LogP contribution is -2.40.